The van der Waals surface area contributed by atoms with Gasteiger partial charge in [-0.2, -0.15) is 18.3 Å². The molecule has 3 rings (SSSR count). The van der Waals surface area contributed by atoms with E-state index in [4.69, 9.17) is 5.11 Å². The zero-order chi connectivity index (χ0) is 21.0. The van der Waals surface area contributed by atoms with E-state index in [1.165, 1.54) is 16.9 Å². The molecule has 1 fully saturated rings. The smallest absolute Gasteiger partial charge is 0.416 e. The second-order valence-corrected chi connectivity index (χ2v) is 6.85. The highest BCUT2D eigenvalue weighted by Crippen LogP contribution is 2.29. The molecule has 0 unspecified atom stereocenters. The number of piperazine rings is 1. The quantitative estimate of drug-likeness (QED) is 0.791. The topological polar surface area (TPSA) is 78.7 Å². The van der Waals surface area contributed by atoms with E-state index in [9.17, 15) is 22.8 Å². The van der Waals surface area contributed by atoms with Crippen LogP contribution >= 0.6 is 0 Å². The Kier molecular flexibility index (Phi) is 6.21. The van der Waals surface area contributed by atoms with Crippen molar-refractivity contribution in [3.63, 3.8) is 0 Å². The highest BCUT2D eigenvalue weighted by atomic mass is 19.4. The monoisotopic (exact) mass is 410 g/mol. The van der Waals surface area contributed by atoms with Crippen molar-refractivity contribution >= 4 is 11.9 Å². The standard InChI is InChI=1S/C19H21F3N4O3/c20-19(21,22)15-3-1-2-14(12-15)13-24-8-10-25(11-9-24)18(29)16-4-6-23-26(16)7-5-17(27)28/h1-4,6,12H,5,7-11,13H2,(H,27,28). The SMILES string of the molecule is O=C(O)CCn1nccc1C(=O)N1CCN(Cc2cccc(C(F)(F)F)c2)CC1. The Hall–Kier alpha value is -2.88. The number of rotatable bonds is 6. The van der Waals surface area contributed by atoms with Gasteiger partial charge in [-0.3, -0.25) is 19.2 Å². The minimum atomic E-state index is -4.37. The van der Waals surface area contributed by atoms with Crippen molar-refractivity contribution < 1.29 is 27.9 Å². The van der Waals surface area contributed by atoms with Crippen molar-refractivity contribution in [2.75, 3.05) is 26.2 Å². The fraction of sp³-hybridized carbons (Fsp3) is 0.421. The lowest BCUT2D eigenvalue weighted by Crippen LogP contribution is -2.48. The summed E-state index contributed by atoms with van der Waals surface area (Å²) in [7, 11) is 0. The van der Waals surface area contributed by atoms with Crippen LogP contribution in [0.3, 0.4) is 0 Å². The number of carbonyl (C=O) groups is 2. The number of aromatic nitrogens is 2. The highest BCUT2D eigenvalue weighted by Gasteiger charge is 2.30. The van der Waals surface area contributed by atoms with Gasteiger partial charge < -0.3 is 10.0 Å². The number of alkyl halides is 3. The van der Waals surface area contributed by atoms with Gasteiger partial charge in [-0.15, -0.1) is 0 Å². The van der Waals surface area contributed by atoms with Crippen LogP contribution in [0.25, 0.3) is 0 Å². The number of hydrogen-bond acceptors (Lipinski definition) is 4. The van der Waals surface area contributed by atoms with E-state index in [1.54, 1.807) is 17.0 Å². The molecule has 0 radical (unpaired) electrons. The molecule has 0 spiro atoms. The molecule has 1 N–H and O–H groups in total. The van der Waals surface area contributed by atoms with Crippen molar-refractivity contribution in [2.45, 2.75) is 25.7 Å². The van der Waals surface area contributed by atoms with Crippen molar-refractivity contribution in [1.82, 2.24) is 19.6 Å². The second-order valence-electron chi connectivity index (χ2n) is 6.85. The normalized spacial score (nSPS) is 15.5. The third-order valence-corrected chi connectivity index (χ3v) is 4.79. The summed E-state index contributed by atoms with van der Waals surface area (Å²) in [4.78, 5) is 27.1. The maximum absolute atomic E-state index is 12.9. The van der Waals surface area contributed by atoms with Crippen LogP contribution in [-0.4, -0.2) is 62.7 Å². The third-order valence-electron chi connectivity index (χ3n) is 4.79. The molecule has 29 heavy (non-hydrogen) atoms. The number of benzene rings is 1. The molecular weight excluding hydrogens is 389 g/mol. The first-order valence-electron chi connectivity index (χ1n) is 9.15. The Morgan fingerprint density at radius 3 is 2.48 bits per heavy atom. The third kappa shape index (κ3) is 5.35. The molecule has 10 heteroatoms. The molecule has 1 saturated heterocycles. The van der Waals surface area contributed by atoms with E-state index in [2.05, 4.69) is 5.10 Å². The Balaban J connectivity index is 1.56. The van der Waals surface area contributed by atoms with E-state index in [0.29, 0.717) is 44.0 Å². The lowest BCUT2D eigenvalue weighted by atomic mass is 10.1. The first-order chi connectivity index (χ1) is 13.7. The molecule has 1 aliphatic rings. The molecule has 1 amide bonds. The molecule has 1 aromatic heterocycles. The lowest BCUT2D eigenvalue weighted by molar-refractivity contribution is -0.138. The zero-order valence-electron chi connectivity index (χ0n) is 15.6. The predicted octanol–water partition coefficient (Wildman–Crippen LogP) is 2.33. The van der Waals surface area contributed by atoms with Crippen molar-refractivity contribution in [3.8, 4) is 0 Å². The number of halogens is 3. The van der Waals surface area contributed by atoms with E-state index in [0.717, 1.165) is 12.1 Å². The molecule has 2 aromatic rings. The van der Waals surface area contributed by atoms with Crippen LogP contribution in [0.2, 0.25) is 0 Å². The van der Waals surface area contributed by atoms with Crippen LogP contribution in [0.1, 0.15) is 28.0 Å². The van der Waals surface area contributed by atoms with Gasteiger partial charge in [-0.25, -0.2) is 0 Å². The van der Waals surface area contributed by atoms with E-state index in [-0.39, 0.29) is 18.9 Å². The van der Waals surface area contributed by atoms with Crippen LogP contribution in [-0.2, 0) is 24.1 Å². The van der Waals surface area contributed by atoms with Crippen LogP contribution < -0.4 is 0 Å². The highest BCUT2D eigenvalue weighted by molar-refractivity contribution is 5.92. The second kappa shape index (κ2) is 8.64. The number of aliphatic carboxylic acids is 1. The van der Waals surface area contributed by atoms with Gasteiger partial charge in [-0.1, -0.05) is 18.2 Å². The summed E-state index contributed by atoms with van der Waals surface area (Å²) in [5, 5.41) is 12.8. The summed E-state index contributed by atoms with van der Waals surface area (Å²) < 4.78 is 39.9. The number of aryl methyl sites for hydroxylation is 1. The maximum atomic E-state index is 12.9. The van der Waals surface area contributed by atoms with Gasteiger partial charge in [0.05, 0.1) is 18.5 Å². The molecule has 0 saturated carbocycles. The number of carbonyl (C=O) groups excluding carboxylic acids is 1. The van der Waals surface area contributed by atoms with Gasteiger partial charge in [0, 0.05) is 38.9 Å². The van der Waals surface area contributed by atoms with Gasteiger partial charge in [0.2, 0.25) is 0 Å². The largest absolute Gasteiger partial charge is 0.481 e. The predicted molar refractivity (Wildman–Crippen MR) is 97.1 cm³/mol. The molecule has 2 heterocycles. The van der Waals surface area contributed by atoms with Crippen molar-refractivity contribution in [3.05, 3.63) is 53.3 Å². The zero-order valence-corrected chi connectivity index (χ0v) is 15.6. The number of nitrogens with zero attached hydrogens (tertiary/aromatic N) is 4. The van der Waals surface area contributed by atoms with Gasteiger partial charge in [0.25, 0.3) is 5.91 Å². The Labute approximate surface area is 165 Å². The summed E-state index contributed by atoms with van der Waals surface area (Å²) in [6.07, 6.45) is -3.05. The first-order valence-corrected chi connectivity index (χ1v) is 9.15. The Morgan fingerprint density at radius 1 is 1.10 bits per heavy atom. The molecule has 0 atom stereocenters. The summed E-state index contributed by atoms with van der Waals surface area (Å²) in [5.41, 5.74) is 0.238. The number of amides is 1. The average molecular weight is 410 g/mol. The van der Waals surface area contributed by atoms with Gasteiger partial charge >= 0.3 is 12.1 Å². The molecule has 7 nitrogen and oxygen atoms in total. The van der Waals surface area contributed by atoms with Gasteiger partial charge in [0.1, 0.15) is 5.69 Å². The number of carboxylic acid groups (broad SMARTS) is 1. The Bertz CT molecular complexity index is 874. The van der Waals surface area contributed by atoms with Crippen molar-refractivity contribution in [1.29, 1.82) is 0 Å². The van der Waals surface area contributed by atoms with E-state index in [1.807, 2.05) is 4.90 Å². The van der Waals surface area contributed by atoms with Gasteiger partial charge in [-0.05, 0) is 17.7 Å². The minimum Gasteiger partial charge on any atom is -0.481 e. The molecular formula is C19H21F3N4O3. The molecule has 1 aromatic carbocycles. The number of carboxylic acids is 1. The van der Waals surface area contributed by atoms with E-state index >= 15 is 0 Å². The molecule has 0 bridgehead atoms. The molecule has 1 aliphatic heterocycles. The first kappa shape index (κ1) is 20.8. The van der Waals surface area contributed by atoms with Crippen LogP contribution in [0.4, 0.5) is 13.2 Å². The van der Waals surface area contributed by atoms with Crippen LogP contribution in [0.5, 0.6) is 0 Å². The molecule has 156 valence electrons. The van der Waals surface area contributed by atoms with Crippen molar-refractivity contribution in [2.24, 2.45) is 0 Å². The summed E-state index contributed by atoms with van der Waals surface area (Å²) in [6.45, 7) is 2.42. The Morgan fingerprint density at radius 2 is 1.83 bits per heavy atom. The summed E-state index contributed by atoms with van der Waals surface area (Å²) in [6, 6.07) is 6.81. The minimum absolute atomic E-state index is 0.110. The van der Waals surface area contributed by atoms with Crippen LogP contribution in [0, 0.1) is 0 Å². The number of hydrogen-bond donors (Lipinski definition) is 1. The average Bonchev–Trinajstić information content (AvgIpc) is 3.14. The maximum Gasteiger partial charge on any atom is 0.416 e. The molecule has 0 aliphatic carbocycles. The fourth-order valence-corrected chi connectivity index (χ4v) is 3.27. The fourth-order valence-electron chi connectivity index (χ4n) is 3.27. The van der Waals surface area contributed by atoms with Crippen LogP contribution in [0.15, 0.2) is 36.5 Å². The lowest BCUT2D eigenvalue weighted by Gasteiger charge is -2.34. The van der Waals surface area contributed by atoms with E-state index < -0.39 is 17.7 Å². The van der Waals surface area contributed by atoms with Gasteiger partial charge in [0.15, 0.2) is 0 Å². The summed E-state index contributed by atoms with van der Waals surface area (Å²) in [5.74, 6) is -1.20. The summed E-state index contributed by atoms with van der Waals surface area (Å²) >= 11 is 0.